The number of hydrogen-bond acceptors (Lipinski definition) is 3. The largest absolute Gasteiger partial charge is 0.457 e. The van der Waals surface area contributed by atoms with E-state index < -0.39 is 0 Å². The zero-order valence-corrected chi connectivity index (χ0v) is 10.8. The van der Waals surface area contributed by atoms with Gasteiger partial charge in [0.15, 0.2) is 0 Å². The Hall–Kier alpha value is -2.62. The van der Waals surface area contributed by atoms with Crippen molar-refractivity contribution in [2.45, 2.75) is 12.8 Å². The normalized spacial score (nSPS) is 13.3. The highest BCUT2D eigenvalue weighted by atomic mass is 16.5. The van der Waals surface area contributed by atoms with Crippen LogP contribution in [0.5, 0.6) is 11.5 Å². The summed E-state index contributed by atoms with van der Waals surface area (Å²) in [7, 11) is 0. The molecule has 0 fully saturated rings. The number of carbonyl (C=O) groups excluding carboxylic acids is 2. The van der Waals surface area contributed by atoms with Crippen molar-refractivity contribution in [3.8, 4) is 11.5 Å². The van der Waals surface area contributed by atoms with Crippen LogP contribution in [0.15, 0.2) is 42.5 Å². The Labute approximate surface area is 116 Å². The van der Waals surface area contributed by atoms with Gasteiger partial charge in [0.2, 0.25) is 5.91 Å². The van der Waals surface area contributed by atoms with Gasteiger partial charge >= 0.3 is 0 Å². The van der Waals surface area contributed by atoms with E-state index in [-0.39, 0.29) is 5.91 Å². The molecule has 0 atom stereocenters. The fourth-order valence-corrected chi connectivity index (χ4v) is 2.17. The molecule has 0 aromatic heterocycles. The van der Waals surface area contributed by atoms with E-state index in [1.165, 1.54) is 0 Å². The number of nitrogens with one attached hydrogen (secondary N) is 1. The van der Waals surface area contributed by atoms with E-state index in [0.717, 1.165) is 29.7 Å². The minimum Gasteiger partial charge on any atom is -0.457 e. The number of carbonyl (C=O) groups is 2. The number of rotatable bonds is 3. The molecule has 3 rings (SSSR count). The quantitative estimate of drug-likeness (QED) is 0.869. The molecule has 100 valence electrons. The third-order valence-electron chi connectivity index (χ3n) is 3.22. The Kier molecular flexibility index (Phi) is 3.21. The summed E-state index contributed by atoms with van der Waals surface area (Å²) in [5.41, 5.74) is 2.54. The molecule has 0 spiro atoms. The number of fused-ring (bicyclic) bond motifs is 1. The third kappa shape index (κ3) is 2.54. The van der Waals surface area contributed by atoms with Crippen LogP contribution >= 0.6 is 0 Å². The second kappa shape index (κ2) is 5.17. The van der Waals surface area contributed by atoms with Gasteiger partial charge in [-0.15, -0.1) is 0 Å². The minimum absolute atomic E-state index is 0.0515. The van der Waals surface area contributed by atoms with Gasteiger partial charge in [-0.25, -0.2) is 0 Å². The van der Waals surface area contributed by atoms with Gasteiger partial charge in [-0.2, -0.15) is 0 Å². The van der Waals surface area contributed by atoms with Gasteiger partial charge in [-0.1, -0.05) is 0 Å². The molecule has 0 unspecified atom stereocenters. The summed E-state index contributed by atoms with van der Waals surface area (Å²) in [6.07, 6.45) is 2.03. The Morgan fingerprint density at radius 2 is 1.75 bits per heavy atom. The van der Waals surface area contributed by atoms with E-state index >= 15 is 0 Å². The van der Waals surface area contributed by atoms with E-state index in [9.17, 15) is 9.59 Å². The van der Waals surface area contributed by atoms with Crippen LogP contribution < -0.4 is 10.1 Å². The fraction of sp³-hybridized carbons (Fsp3) is 0.125. The van der Waals surface area contributed by atoms with Crippen LogP contribution in [0.25, 0.3) is 0 Å². The van der Waals surface area contributed by atoms with Gasteiger partial charge < -0.3 is 10.1 Å². The Morgan fingerprint density at radius 3 is 2.50 bits per heavy atom. The van der Waals surface area contributed by atoms with Crippen molar-refractivity contribution < 1.29 is 14.3 Å². The molecule has 1 N–H and O–H groups in total. The van der Waals surface area contributed by atoms with Crippen molar-refractivity contribution in [1.82, 2.24) is 0 Å². The molecule has 4 heteroatoms. The average Bonchev–Trinajstić information content (AvgIpc) is 2.48. The zero-order valence-electron chi connectivity index (χ0n) is 10.8. The highest BCUT2D eigenvalue weighted by Crippen LogP contribution is 2.29. The van der Waals surface area contributed by atoms with Crippen molar-refractivity contribution >= 4 is 17.9 Å². The molecule has 0 aliphatic carbocycles. The summed E-state index contributed by atoms with van der Waals surface area (Å²) < 4.78 is 5.74. The smallest absolute Gasteiger partial charge is 0.224 e. The fourth-order valence-electron chi connectivity index (χ4n) is 2.17. The van der Waals surface area contributed by atoms with Crippen LogP contribution in [-0.2, 0) is 11.2 Å². The number of benzene rings is 2. The van der Waals surface area contributed by atoms with Crippen molar-refractivity contribution in [2.75, 3.05) is 5.32 Å². The predicted octanol–water partition coefficient (Wildman–Crippen LogP) is 3.18. The van der Waals surface area contributed by atoms with Crippen molar-refractivity contribution in [3.63, 3.8) is 0 Å². The predicted molar refractivity (Wildman–Crippen MR) is 75.3 cm³/mol. The summed E-state index contributed by atoms with van der Waals surface area (Å²) in [5.74, 6) is 1.45. The maximum Gasteiger partial charge on any atom is 0.224 e. The number of aryl methyl sites for hydroxylation is 1. The summed E-state index contributed by atoms with van der Waals surface area (Å²) >= 11 is 0. The molecule has 2 aromatic rings. The number of anilines is 1. The number of amides is 1. The monoisotopic (exact) mass is 267 g/mol. The highest BCUT2D eigenvalue weighted by molar-refractivity contribution is 5.94. The van der Waals surface area contributed by atoms with E-state index in [1.807, 2.05) is 18.2 Å². The molecule has 1 aliphatic heterocycles. The Balaban J connectivity index is 1.80. The first-order valence-electron chi connectivity index (χ1n) is 6.40. The molecule has 0 bridgehead atoms. The SMILES string of the molecule is O=Cc1ccc(Oc2ccc3c(c2)CCC(=O)N3)cc1. The first-order chi connectivity index (χ1) is 9.74. The number of ether oxygens (including phenoxy) is 1. The molecule has 0 saturated carbocycles. The van der Waals surface area contributed by atoms with E-state index in [0.29, 0.717) is 17.7 Å². The molecule has 1 heterocycles. The van der Waals surface area contributed by atoms with Crippen LogP contribution in [0.3, 0.4) is 0 Å². The van der Waals surface area contributed by atoms with Gasteiger partial charge in [0, 0.05) is 17.7 Å². The second-order valence-electron chi connectivity index (χ2n) is 4.66. The van der Waals surface area contributed by atoms with Crippen molar-refractivity contribution in [3.05, 3.63) is 53.6 Å². The Morgan fingerprint density at radius 1 is 1.00 bits per heavy atom. The van der Waals surface area contributed by atoms with E-state index in [2.05, 4.69) is 5.32 Å². The minimum atomic E-state index is 0.0515. The van der Waals surface area contributed by atoms with Crippen LogP contribution in [0.1, 0.15) is 22.3 Å². The van der Waals surface area contributed by atoms with Crippen LogP contribution in [0.4, 0.5) is 5.69 Å². The molecular weight excluding hydrogens is 254 g/mol. The summed E-state index contributed by atoms with van der Waals surface area (Å²) in [4.78, 5) is 21.9. The first kappa shape index (κ1) is 12.4. The maximum atomic E-state index is 11.3. The second-order valence-corrected chi connectivity index (χ2v) is 4.66. The Bertz CT molecular complexity index is 662. The lowest BCUT2D eigenvalue weighted by molar-refractivity contribution is -0.116. The standard InChI is InChI=1S/C16H13NO3/c18-10-11-1-4-13(5-2-11)20-14-6-7-15-12(9-14)3-8-16(19)17-15/h1-2,4-7,9-10H,3,8H2,(H,17,19). The van der Waals surface area contributed by atoms with Crippen LogP contribution in [0, 0.1) is 0 Å². The van der Waals surface area contributed by atoms with Gasteiger partial charge in [-0.3, -0.25) is 9.59 Å². The molecule has 1 aliphatic rings. The lowest BCUT2D eigenvalue weighted by Crippen LogP contribution is -2.18. The highest BCUT2D eigenvalue weighted by Gasteiger charge is 2.15. The van der Waals surface area contributed by atoms with Crippen LogP contribution in [-0.4, -0.2) is 12.2 Å². The van der Waals surface area contributed by atoms with Gasteiger partial charge in [0.1, 0.15) is 17.8 Å². The maximum absolute atomic E-state index is 11.3. The molecule has 2 aromatic carbocycles. The average molecular weight is 267 g/mol. The summed E-state index contributed by atoms with van der Waals surface area (Å²) in [6.45, 7) is 0. The molecule has 0 saturated heterocycles. The van der Waals surface area contributed by atoms with Gasteiger partial charge in [0.05, 0.1) is 0 Å². The zero-order chi connectivity index (χ0) is 13.9. The molecule has 20 heavy (non-hydrogen) atoms. The summed E-state index contributed by atoms with van der Waals surface area (Å²) in [6, 6.07) is 12.5. The lowest BCUT2D eigenvalue weighted by Gasteiger charge is -2.17. The molecular formula is C16H13NO3. The number of hydrogen-bond donors (Lipinski definition) is 1. The van der Waals surface area contributed by atoms with Gasteiger partial charge in [0.25, 0.3) is 0 Å². The van der Waals surface area contributed by atoms with Gasteiger partial charge in [-0.05, 0) is 54.4 Å². The molecule has 1 amide bonds. The molecule has 0 radical (unpaired) electrons. The molecule has 4 nitrogen and oxygen atoms in total. The third-order valence-corrected chi connectivity index (χ3v) is 3.22. The lowest BCUT2D eigenvalue weighted by atomic mass is 10.0. The number of aldehydes is 1. The van der Waals surface area contributed by atoms with E-state index in [1.54, 1.807) is 24.3 Å². The topological polar surface area (TPSA) is 55.4 Å². The van der Waals surface area contributed by atoms with Crippen molar-refractivity contribution in [2.24, 2.45) is 0 Å². The van der Waals surface area contributed by atoms with Crippen molar-refractivity contribution in [1.29, 1.82) is 0 Å². The van der Waals surface area contributed by atoms with Crippen LogP contribution in [0.2, 0.25) is 0 Å². The van der Waals surface area contributed by atoms with E-state index in [4.69, 9.17) is 4.74 Å². The summed E-state index contributed by atoms with van der Waals surface area (Å²) in [5, 5.41) is 2.83. The first-order valence-corrected chi connectivity index (χ1v) is 6.40.